The summed E-state index contributed by atoms with van der Waals surface area (Å²) in [6.07, 6.45) is -3.56. The molecule has 3 heterocycles. The first-order valence-electron chi connectivity index (χ1n) is 7.71. The molecule has 2 aliphatic heterocycles. The van der Waals surface area contributed by atoms with Gasteiger partial charge in [-0.3, -0.25) is 4.79 Å². The van der Waals surface area contributed by atoms with Gasteiger partial charge in [-0.25, -0.2) is 13.4 Å². The number of amides is 1. The third-order valence-corrected chi connectivity index (χ3v) is 5.63. The second-order valence-corrected chi connectivity index (χ2v) is 7.99. The van der Waals surface area contributed by atoms with Gasteiger partial charge in [0, 0.05) is 45.8 Å². The predicted octanol–water partition coefficient (Wildman–Crippen LogP) is -0.277. The Morgan fingerprint density at radius 3 is 2.36 bits per heavy atom. The fraction of sp³-hybridized carbons (Fsp3) is 0.692. The molecule has 140 valence electrons. The highest BCUT2D eigenvalue weighted by Crippen LogP contribution is 2.31. The number of aromatic nitrogens is 2. The SMILES string of the molecule is CS(=O)(=O)N1CCN(C(=O)c2nc(C(F)(F)F)n3c2CNCC3)CC1. The number of imidazole rings is 1. The summed E-state index contributed by atoms with van der Waals surface area (Å²) in [6, 6.07) is 0. The molecule has 0 spiro atoms. The van der Waals surface area contributed by atoms with Gasteiger partial charge in [-0.05, 0) is 0 Å². The number of alkyl halides is 3. The van der Waals surface area contributed by atoms with E-state index in [1.807, 2.05) is 0 Å². The smallest absolute Gasteiger partial charge is 0.335 e. The number of carbonyl (C=O) groups excluding carboxylic acids is 1. The summed E-state index contributed by atoms with van der Waals surface area (Å²) in [4.78, 5) is 17.6. The molecule has 1 N–H and O–H groups in total. The Kier molecular flexibility index (Phi) is 4.54. The lowest BCUT2D eigenvalue weighted by atomic mass is 10.2. The maximum absolute atomic E-state index is 13.2. The first-order valence-corrected chi connectivity index (χ1v) is 9.55. The zero-order valence-corrected chi connectivity index (χ0v) is 14.3. The van der Waals surface area contributed by atoms with E-state index in [-0.39, 0.29) is 50.7 Å². The predicted molar refractivity (Wildman–Crippen MR) is 81.3 cm³/mol. The number of piperazine rings is 1. The van der Waals surface area contributed by atoms with Crippen LogP contribution in [0.5, 0.6) is 0 Å². The Bertz CT molecular complexity index is 782. The van der Waals surface area contributed by atoms with Crippen molar-refractivity contribution in [2.75, 3.05) is 39.0 Å². The van der Waals surface area contributed by atoms with Crippen LogP contribution in [0.25, 0.3) is 0 Å². The molecular weight excluding hydrogens is 363 g/mol. The second-order valence-electron chi connectivity index (χ2n) is 6.01. The van der Waals surface area contributed by atoms with Crippen molar-refractivity contribution >= 4 is 15.9 Å². The van der Waals surface area contributed by atoms with Crippen LogP contribution in [0.2, 0.25) is 0 Å². The third-order valence-electron chi connectivity index (χ3n) is 4.33. The Morgan fingerprint density at radius 1 is 1.16 bits per heavy atom. The van der Waals surface area contributed by atoms with Crippen molar-refractivity contribution in [1.82, 2.24) is 24.1 Å². The lowest BCUT2D eigenvalue weighted by Gasteiger charge is -2.33. The maximum Gasteiger partial charge on any atom is 0.449 e. The molecule has 1 aromatic rings. The summed E-state index contributed by atoms with van der Waals surface area (Å²) in [5.74, 6) is -1.67. The minimum Gasteiger partial charge on any atom is -0.335 e. The Morgan fingerprint density at radius 2 is 1.80 bits per heavy atom. The molecule has 1 saturated heterocycles. The van der Waals surface area contributed by atoms with Crippen LogP contribution in [0.4, 0.5) is 13.2 Å². The van der Waals surface area contributed by atoms with Crippen LogP contribution >= 0.6 is 0 Å². The van der Waals surface area contributed by atoms with Gasteiger partial charge in [0.2, 0.25) is 15.8 Å². The van der Waals surface area contributed by atoms with Crippen LogP contribution in [0, 0.1) is 0 Å². The summed E-state index contributed by atoms with van der Waals surface area (Å²) in [7, 11) is -3.35. The topological polar surface area (TPSA) is 87.5 Å². The van der Waals surface area contributed by atoms with Crippen molar-refractivity contribution < 1.29 is 26.4 Å². The molecule has 0 atom stereocenters. The fourth-order valence-corrected chi connectivity index (χ4v) is 3.89. The van der Waals surface area contributed by atoms with Crippen LogP contribution in [0.15, 0.2) is 0 Å². The number of hydrogen-bond acceptors (Lipinski definition) is 5. The van der Waals surface area contributed by atoms with E-state index in [0.29, 0.717) is 6.54 Å². The molecule has 0 saturated carbocycles. The van der Waals surface area contributed by atoms with Gasteiger partial charge in [0.05, 0.1) is 11.9 Å². The van der Waals surface area contributed by atoms with E-state index in [9.17, 15) is 26.4 Å². The molecule has 3 rings (SSSR count). The molecule has 0 bridgehead atoms. The van der Waals surface area contributed by atoms with Gasteiger partial charge in [0.1, 0.15) is 0 Å². The fourth-order valence-electron chi connectivity index (χ4n) is 3.06. The first kappa shape index (κ1) is 18.1. The average Bonchev–Trinajstić information content (AvgIpc) is 2.93. The van der Waals surface area contributed by atoms with E-state index < -0.39 is 27.9 Å². The molecule has 1 fully saturated rings. The van der Waals surface area contributed by atoms with E-state index >= 15 is 0 Å². The number of halogens is 3. The van der Waals surface area contributed by atoms with Crippen molar-refractivity contribution in [3.8, 4) is 0 Å². The highest BCUT2D eigenvalue weighted by atomic mass is 32.2. The van der Waals surface area contributed by atoms with Crippen molar-refractivity contribution in [3.05, 3.63) is 17.2 Å². The zero-order valence-electron chi connectivity index (χ0n) is 13.5. The van der Waals surface area contributed by atoms with Crippen LogP contribution in [-0.2, 0) is 29.3 Å². The second kappa shape index (κ2) is 6.25. The Hall–Kier alpha value is -1.66. The van der Waals surface area contributed by atoms with Gasteiger partial charge < -0.3 is 14.8 Å². The van der Waals surface area contributed by atoms with E-state index in [1.165, 1.54) is 9.21 Å². The minimum absolute atomic E-state index is 0.0896. The normalized spacial score (nSPS) is 19.8. The molecule has 1 aromatic heterocycles. The number of rotatable bonds is 2. The standard InChI is InChI=1S/C13H18F3N5O3S/c1-25(23,24)20-6-4-19(5-7-20)11(22)10-9-8-17-2-3-21(9)12(18-10)13(14,15)16/h17H,2-8H2,1H3. The quantitative estimate of drug-likeness (QED) is 0.762. The summed E-state index contributed by atoms with van der Waals surface area (Å²) in [5.41, 5.74) is 0.00134. The molecule has 0 aromatic carbocycles. The molecule has 0 aliphatic carbocycles. The third kappa shape index (κ3) is 3.51. The van der Waals surface area contributed by atoms with Gasteiger partial charge in [0.15, 0.2) is 5.69 Å². The first-order chi connectivity index (χ1) is 11.6. The molecule has 1 amide bonds. The van der Waals surface area contributed by atoms with Gasteiger partial charge in [0.25, 0.3) is 5.91 Å². The van der Waals surface area contributed by atoms with E-state index in [4.69, 9.17) is 0 Å². The number of sulfonamides is 1. The molecule has 2 aliphatic rings. The molecule has 0 radical (unpaired) electrons. The molecule has 8 nitrogen and oxygen atoms in total. The largest absolute Gasteiger partial charge is 0.449 e. The number of carbonyl (C=O) groups is 1. The highest BCUT2D eigenvalue weighted by Gasteiger charge is 2.41. The number of fused-ring (bicyclic) bond motifs is 1. The van der Waals surface area contributed by atoms with Crippen molar-refractivity contribution in [2.45, 2.75) is 19.3 Å². The van der Waals surface area contributed by atoms with Crippen LogP contribution < -0.4 is 5.32 Å². The Labute approximate surface area is 142 Å². The lowest BCUT2D eigenvalue weighted by Crippen LogP contribution is -2.50. The van der Waals surface area contributed by atoms with Gasteiger partial charge in [-0.2, -0.15) is 17.5 Å². The number of hydrogen-bond donors (Lipinski definition) is 1. The van der Waals surface area contributed by atoms with Gasteiger partial charge in [-0.15, -0.1) is 0 Å². The van der Waals surface area contributed by atoms with Crippen molar-refractivity contribution in [1.29, 1.82) is 0 Å². The molecule has 0 unspecified atom stereocenters. The zero-order chi connectivity index (χ0) is 18.4. The van der Waals surface area contributed by atoms with Crippen molar-refractivity contribution in [3.63, 3.8) is 0 Å². The number of nitrogens with zero attached hydrogens (tertiary/aromatic N) is 4. The molecule has 25 heavy (non-hydrogen) atoms. The number of nitrogens with one attached hydrogen (secondary N) is 1. The van der Waals surface area contributed by atoms with E-state index in [2.05, 4.69) is 10.3 Å². The monoisotopic (exact) mass is 381 g/mol. The van der Waals surface area contributed by atoms with Gasteiger partial charge >= 0.3 is 6.18 Å². The highest BCUT2D eigenvalue weighted by molar-refractivity contribution is 7.88. The summed E-state index contributed by atoms with van der Waals surface area (Å²) >= 11 is 0. The van der Waals surface area contributed by atoms with Crippen LogP contribution in [0.1, 0.15) is 22.0 Å². The molecular formula is C13H18F3N5O3S. The van der Waals surface area contributed by atoms with Gasteiger partial charge in [-0.1, -0.05) is 0 Å². The lowest BCUT2D eigenvalue weighted by molar-refractivity contribution is -0.147. The van der Waals surface area contributed by atoms with Crippen LogP contribution in [0.3, 0.4) is 0 Å². The van der Waals surface area contributed by atoms with E-state index in [0.717, 1.165) is 10.8 Å². The summed E-state index contributed by atoms with van der Waals surface area (Å²) in [5, 5.41) is 2.94. The van der Waals surface area contributed by atoms with Crippen molar-refractivity contribution in [2.24, 2.45) is 0 Å². The Balaban J connectivity index is 1.85. The van der Waals surface area contributed by atoms with Crippen LogP contribution in [-0.4, -0.2) is 72.1 Å². The summed E-state index contributed by atoms with van der Waals surface area (Å²) < 4.78 is 64.8. The van der Waals surface area contributed by atoms with E-state index in [1.54, 1.807) is 0 Å². The average molecular weight is 381 g/mol. The maximum atomic E-state index is 13.2. The molecule has 12 heteroatoms. The summed E-state index contributed by atoms with van der Waals surface area (Å²) in [6.45, 7) is 1.06. The minimum atomic E-state index is -4.64.